The van der Waals surface area contributed by atoms with Crippen molar-refractivity contribution in [3.05, 3.63) is 77.5 Å². The van der Waals surface area contributed by atoms with E-state index in [1.54, 1.807) is 0 Å². The monoisotopic (exact) mass is 467 g/mol. The van der Waals surface area contributed by atoms with Crippen molar-refractivity contribution in [2.24, 2.45) is 7.05 Å². The lowest BCUT2D eigenvalue weighted by Crippen LogP contribution is -3.00. The SMILES string of the molecule is C[n+]1ccc(-c2ccc(Oc3ccc(Br)cc3)cc2)cc1.[I-]. The van der Waals surface area contributed by atoms with Gasteiger partial charge in [-0.3, -0.25) is 0 Å². The molecule has 0 aliphatic rings. The molecule has 0 N–H and O–H groups in total. The summed E-state index contributed by atoms with van der Waals surface area (Å²) in [6.45, 7) is 0. The molecule has 0 spiro atoms. The smallest absolute Gasteiger partial charge is 0.169 e. The molecule has 2 nitrogen and oxygen atoms in total. The minimum atomic E-state index is 0. The summed E-state index contributed by atoms with van der Waals surface area (Å²) in [7, 11) is 2.01. The summed E-state index contributed by atoms with van der Waals surface area (Å²) in [5.41, 5.74) is 2.38. The van der Waals surface area contributed by atoms with Crippen molar-refractivity contribution in [3.63, 3.8) is 0 Å². The summed E-state index contributed by atoms with van der Waals surface area (Å²) in [6.07, 6.45) is 4.09. The maximum absolute atomic E-state index is 5.82. The Morgan fingerprint density at radius 1 is 0.727 bits per heavy atom. The van der Waals surface area contributed by atoms with Crippen LogP contribution in [-0.4, -0.2) is 0 Å². The van der Waals surface area contributed by atoms with Gasteiger partial charge in [0.25, 0.3) is 0 Å². The van der Waals surface area contributed by atoms with Crippen LogP contribution in [0.4, 0.5) is 0 Å². The highest BCUT2D eigenvalue weighted by molar-refractivity contribution is 9.10. The standard InChI is InChI=1S/C18H15BrNO.HI/c1-20-12-10-15(11-13-20)14-2-6-17(7-3-14)21-18-8-4-16(19)5-9-18;/h2-13H,1H3;1H/q+1;/p-1. The zero-order valence-electron chi connectivity index (χ0n) is 12.0. The molecule has 0 radical (unpaired) electrons. The number of rotatable bonds is 3. The average Bonchev–Trinajstić information content (AvgIpc) is 2.51. The predicted octanol–water partition coefficient (Wildman–Crippen LogP) is 1.74. The van der Waals surface area contributed by atoms with Gasteiger partial charge >= 0.3 is 0 Å². The van der Waals surface area contributed by atoms with Crippen molar-refractivity contribution in [1.82, 2.24) is 0 Å². The van der Waals surface area contributed by atoms with Gasteiger partial charge in [0.15, 0.2) is 12.4 Å². The molecule has 1 heterocycles. The van der Waals surface area contributed by atoms with E-state index in [1.807, 2.05) is 60.4 Å². The van der Waals surface area contributed by atoms with Crippen molar-refractivity contribution >= 4 is 15.9 Å². The van der Waals surface area contributed by atoms with E-state index < -0.39 is 0 Å². The second kappa shape index (κ2) is 7.74. The molecular weight excluding hydrogens is 453 g/mol. The fraction of sp³-hybridized carbons (Fsp3) is 0.0556. The highest BCUT2D eigenvalue weighted by Crippen LogP contribution is 2.26. The minimum absolute atomic E-state index is 0. The van der Waals surface area contributed by atoms with E-state index in [0.29, 0.717) is 0 Å². The molecule has 3 aromatic rings. The number of aromatic nitrogens is 1. The van der Waals surface area contributed by atoms with Gasteiger partial charge in [-0.2, -0.15) is 0 Å². The zero-order chi connectivity index (χ0) is 14.7. The van der Waals surface area contributed by atoms with E-state index in [9.17, 15) is 0 Å². The van der Waals surface area contributed by atoms with Crippen LogP contribution in [0, 0.1) is 0 Å². The number of benzene rings is 2. The van der Waals surface area contributed by atoms with Crippen LogP contribution in [0.25, 0.3) is 11.1 Å². The van der Waals surface area contributed by atoms with Crippen molar-refractivity contribution in [3.8, 4) is 22.6 Å². The van der Waals surface area contributed by atoms with Crippen molar-refractivity contribution in [1.29, 1.82) is 0 Å². The lowest BCUT2D eigenvalue weighted by atomic mass is 10.1. The molecule has 4 heteroatoms. The molecule has 3 rings (SSSR count). The Morgan fingerprint density at radius 3 is 1.73 bits per heavy atom. The van der Waals surface area contributed by atoms with E-state index >= 15 is 0 Å². The lowest BCUT2D eigenvalue weighted by Gasteiger charge is -2.07. The number of ether oxygens (including phenoxy) is 1. The van der Waals surface area contributed by atoms with E-state index in [1.165, 1.54) is 11.1 Å². The number of halogens is 2. The van der Waals surface area contributed by atoms with Crippen LogP contribution in [0.15, 0.2) is 77.5 Å². The van der Waals surface area contributed by atoms with Crippen LogP contribution >= 0.6 is 15.9 Å². The van der Waals surface area contributed by atoms with Gasteiger partial charge in [0, 0.05) is 16.6 Å². The van der Waals surface area contributed by atoms with E-state index in [0.717, 1.165) is 16.0 Å². The summed E-state index contributed by atoms with van der Waals surface area (Å²) in [5.74, 6) is 1.67. The molecule has 2 aromatic carbocycles. The molecule has 0 aliphatic heterocycles. The predicted molar refractivity (Wildman–Crippen MR) is 87.3 cm³/mol. The topological polar surface area (TPSA) is 13.1 Å². The Labute approximate surface area is 155 Å². The van der Waals surface area contributed by atoms with Gasteiger partial charge in [0.1, 0.15) is 18.5 Å². The third kappa shape index (κ3) is 4.30. The maximum Gasteiger partial charge on any atom is 0.169 e. The molecule has 0 atom stereocenters. The fourth-order valence-electron chi connectivity index (χ4n) is 2.05. The normalized spacial score (nSPS) is 9.91. The molecule has 0 aliphatic carbocycles. The van der Waals surface area contributed by atoms with Crippen LogP contribution < -0.4 is 33.3 Å². The average molecular weight is 468 g/mol. The molecule has 1 aromatic heterocycles. The first-order valence-electron chi connectivity index (χ1n) is 6.70. The van der Waals surface area contributed by atoms with Crippen LogP contribution in [-0.2, 0) is 7.05 Å². The first-order chi connectivity index (χ1) is 10.2. The Hall–Kier alpha value is -1.40. The molecular formula is C18H15BrINO. The molecule has 0 saturated carbocycles. The molecule has 22 heavy (non-hydrogen) atoms. The lowest BCUT2D eigenvalue weighted by molar-refractivity contribution is -0.671. The Balaban J connectivity index is 0.00000176. The van der Waals surface area contributed by atoms with Gasteiger partial charge in [-0.05, 0) is 47.5 Å². The number of nitrogens with zero attached hydrogens (tertiary/aromatic N) is 1. The molecule has 0 unspecified atom stereocenters. The summed E-state index contributed by atoms with van der Waals surface area (Å²) < 4.78 is 8.88. The van der Waals surface area contributed by atoms with Gasteiger partial charge < -0.3 is 28.7 Å². The second-order valence-electron chi connectivity index (χ2n) is 4.83. The van der Waals surface area contributed by atoms with E-state index in [4.69, 9.17) is 4.74 Å². The number of pyridine rings is 1. The van der Waals surface area contributed by atoms with Crippen LogP contribution in [0.1, 0.15) is 0 Å². The molecule has 0 amide bonds. The van der Waals surface area contributed by atoms with Crippen molar-refractivity contribution in [2.75, 3.05) is 0 Å². The summed E-state index contributed by atoms with van der Waals surface area (Å²) in [5, 5.41) is 0. The first-order valence-corrected chi connectivity index (χ1v) is 7.49. The number of hydrogen-bond acceptors (Lipinski definition) is 1. The summed E-state index contributed by atoms with van der Waals surface area (Å²) in [6, 6.07) is 20.1. The summed E-state index contributed by atoms with van der Waals surface area (Å²) in [4.78, 5) is 0. The Bertz CT molecular complexity index is 725. The Morgan fingerprint density at radius 2 is 1.18 bits per heavy atom. The maximum atomic E-state index is 5.82. The fourth-order valence-corrected chi connectivity index (χ4v) is 2.31. The summed E-state index contributed by atoms with van der Waals surface area (Å²) >= 11 is 3.41. The second-order valence-corrected chi connectivity index (χ2v) is 5.75. The van der Waals surface area contributed by atoms with E-state index in [2.05, 4.69) is 40.2 Å². The van der Waals surface area contributed by atoms with Gasteiger partial charge in [0.2, 0.25) is 0 Å². The minimum Gasteiger partial charge on any atom is -1.00 e. The van der Waals surface area contributed by atoms with Gasteiger partial charge in [-0.15, -0.1) is 0 Å². The zero-order valence-corrected chi connectivity index (χ0v) is 15.8. The highest BCUT2D eigenvalue weighted by Gasteiger charge is 2.02. The number of aryl methyl sites for hydroxylation is 1. The molecule has 0 bridgehead atoms. The third-order valence-electron chi connectivity index (χ3n) is 3.22. The highest BCUT2D eigenvalue weighted by atomic mass is 127. The van der Waals surface area contributed by atoms with Crippen molar-refractivity contribution in [2.45, 2.75) is 0 Å². The molecule has 0 saturated heterocycles. The Kier molecular flexibility index (Phi) is 5.97. The van der Waals surface area contributed by atoms with Crippen molar-refractivity contribution < 1.29 is 33.3 Å². The first kappa shape index (κ1) is 17.0. The largest absolute Gasteiger partial charge is 1.00 e. The van der Waals surface area contributed by atoms with E-state index in [-0.39, 0.29) is 24.0 Å². The van der Waals surface area contributed by atoms with Gasteiger partial charge in [0.05, 0.1) is 0 Å². The quantitative estimate of drug-likeness (QED) is 0.422. The van der Waals surface area contributed by atoms with Gasteiger partial charge in [-0.1, -0.05) is 28.1 Å². The van der Waals surface area contributed by atoms with Crippen LogP contribution in [0.5, 0.6) is 11.5 Å². The van der Waals surface area contributed by atoms with Crippen LogP contribution in [0.3, 0.4) is 0 Å². The molecule has 0 fully saturated rings. The molecule has 112 valence electrons. The number of hydrogen-bond donors (Lipinski definition) is 0. The third-order valence-corrected chi connectivity index (χ3v) is 3.74. The van der Waals surface area contributed by atoms with Gasteiger partial charge in [-0.25, -0.2) is 4.57 Å². The van der Waals surface area contributed by atoms with Crippen LogP contribution in [0.2, 0.25) is 0 Å².